The molecule has 2 fully saturated rings. The highest BCUT2D eigenvalue weighted by molar-refractivity contribution is 7.12. The van der Waals surface area contributed by atoms with Gasteiger partial charge in [-0.15, -0.1) is 11.3 Å². The Labute approximate surface area is 131 Å². The first kappa shape index (κ1) is 15.0. The predicted molar refractivity (Wildman–Crippen MR) is 87.2 cm³/mol. The highest BCUT2D eigenvalue weighted by atomic mass is 32.1. The summed E-state index contributed by atoms with van der Waals surface area (Å²) in [7, 11) is 0. The molecule has 0 spiro atoms. The van der Waals surface area contributed by atoms with E-state index >= 15 is 0 Å². The monoisotopic (exact) mass is 306 g/mol. The third-order valence-electron chi connectivity index (χ3n) is 5.15. The first-order valence-electron chi connectivity index (χ1n) is 8.21. The van der Waals surface area contributed by atoms with Gasteiger partial charge in [-0.25, -0.2) is 0 Å². The Kier molecular flexibility index (Phi) is 4.10. The topological polar surface area (TPSA) is 32.3 Å². The van der Waals surface area contributed by atoms with Crippen LogP contribution in [-0.4, -0.2) is 22.9 Å². The first-order valence-corrected chi connectivity index (χ1v) is 9.03. The SMILES string of the molecule is CCC(C)C1NC(c2ccc(C)s2)N(C2CC2CC)C1=O. The lowest BCUT2D eigenvalue weighted by Crippen LogP contribution is -2.36. The van der Waals surface area contributed by atoms with Crippen molar-refractivity contribution in [3.05, 3.63) is 21.9 Å². The van der Waals surface area contributed by atoms with Crippen LogP contribution in [-0.2, 0) is 4.79 Å². The van der Waals surface area contributed by atoms with E-state index in [-0.39, 0.29) is 12.2 Å². The molecule has 1 amide bonds. The summed E-state index contributed by atoms with van der Waals surface area (Å²) in [5, 5.41) is 3.62. The maximum Gasteiger partial charge on any atom is 0.241 e. The van der Waals surface area contributed by atoms with Crippen molar-refractivity contribution < 1.29 is 4.79 Å². The molecule has 1 aromatic heterocycles. The molecule has 1 aliphatic heterocycles. The Hall–Kier alpha value is -0.870. The predicted octanol–water partition coefficient (Wildman–Crippen LogP) is 3.70. The number of hydrogen-bond acceptors (Lipinski definition) is 3. The maximum atomic E-state index is 12.9. The molecule has 0 radical (unpaired) electrons. The van der Waals surface area contributed by atoms with E-state index in [0.717, 1.165) is 6.42 Å². The fourth-order valence-electron chi connectivity index (χ4n) is 3.44. The molecule has 1 saturated carbocycles. The van der Waals surface area contributed by atoms with E-state index in [9.17, 15) is 4.79 Å². The van der Waals surface area contributed by atoms with Crippen LogP contribution in [0.3, 0.4) is 0 Å². The van der Waals surface area contributed by atoms with Gasteiger partial charge in [-0.3, -0.25) is 10.1 Å². The average Bonchev–Trinajstić information content (AvgIpc) is 3.00. The van der Waals surface area contributed by atoms with E-state index in [0.29, 0.717) is 23.8 Å². The zero-order valence-corrected chi connectivity index (χ0v) is 14.2. The first-order chi connectivity index (χ1) is 10.1. The van der Waals surface area contributed by atoms with E-state index in [1.165, 1.54) is 22.6 Å². The molecule has 1 N–H and O–H groups in total. The second-order valence-electron chi connectivity index (χ2n) is 6.60. The normalized spacial score (nSPS) is 33.5. The van der Waals surface area contributed by atoms with Gasteiger partial charge in [-0.2, -0.15) is 0 Å². The van der Waals surface area contributed by atoms with Gasteiger partial charge in [0.05, 0.1) is 6.04 Å². The number of thiophene rings is 1. The van der Waals surface area contributed by atoms with Gasteiger partial charge in [-0.1, -0.05) is 33.6 Å². The molecule has 5 unspecified atom stereocenters. The van der Waals surface area contributed by atoms with Crippen LogP contribution >= 0.6 is 11.3 Å². The summed E-state index contributed by atoms with van der Waals surface area (Å²) in [5.41, 5.74) is 0. The lowest BCUT2D eigenvalue weighted by molar-refractivity contribution is -0.131. The van der Waals surface area contributed by atoms with Crippen LogP contribution in [0.5, 0.6) is 0 Å². The zero-order chi connectivity index (χ0) is 15.1. The fourth-order valence-corrected chi connectivity index (χ4v) is 4.38. The molecule has 3 rings (SSSR count). The molecule has 0 bridgehead atoms. The van der Waals surface area contributed by atoms with E-state index in [1.807, 2.05) is 11.3 Å². The Morgan fingerprint density at radius 1 is 1.43 bits per heavy atom. The fraction of sp³-hybridized carbons (Fsp3) is 0.706. The van der Waals surface area contributed by atoms with Crippen molar-refractivity contribution in [1.29, 1.82) is 0 Å². The molecule has 1 aromatic rings. The zero-order valence-electron chi connectivity index (χ0n) is 13.4. The van der Waals surface area contributed by atoms with Crippen LogP contribution in [0.15, 0.2) is 12.1 Å². The molecule has 1 aliphatic carbocycles. The summed E-state index contributed by atoms with van der Waals surface area (Å²) in [4.78, 5) is 17.7. The van der Waals surface area contributed by atoms with E-state index in [1.54, 1.807) is 0 Å². The van der Waals surface area contributed by atoms with Crippen LogP contribution < -0.4 is 5.32 Å². The largest absolute Gasteiger partial charge is 0.317 e. The third kappa shape index (κ3) is 2.64. The summed E-state index contributed by atoms with van der Waals surface area (Å²) >= 11 is 1.81. The molecular weight excluding hydrogens is 280 g/mol. The van der Waals surface area contributed by atoms with Gasteiger partial charge in [0.15, 0.2) is 0 Å². The van der Waals surface area contributed by atoms with Gasteiger partial charge in [0.25, 0.3) is 0 Å². The number of hydrogen-bond donors (Lipinski definition) is 1. The average molecular weight is 306 g/mol. The summed E-state index contributed by atoms with van der Waals surface area (Å²) in [6, 6.07) is 4.78. The number of rotatable bonds is 5. The van der Waals surface area contributed by atoms with Gasteiger partial charge in [0.1, 0.15) is 6.17 Å². The molecule has 2 heterocycles. The second-order valence-corrected chi connectivity index (χ2v) is 7.92. The van der Waals surface area contributed by atoms with Crippen molar-refractivity contribution in [3.63, 3.8) is 0 Å². The maximum absolute atomic E-state index is 12.9. The minimum atomic E-state index is -0.0134. The van der Waals surface area contributed by atoms with Gasteiger partial charge in [-0.05, 0) is 37.3 Å². The van der Waals surface area contributed by atoms with Crippen LogP contribution in [0.25, 0.3) is 0 Å². The molecule has 116 valence electrons. The van der Waals surface area contributed by atoms with Crippen LogP contribution in [0.1, 0.15) is 56.0 Å². The summed E-state index contributed by atoms with van der Waals surface area (Å²) in [6.45, 7) is 8.71. The summed E-state index contributed by atoms with van der Waals surface area (Å²) in [6.07, 6.45) is 3.49. The van der Waals surface area contributed by atoms with E-state index in [4.69, 9.17) is 0 Å². The molecule has 5 atom stereocenters. The van der Waals surface area contributed by atoms with Crippen molar-refractivity contribution >= 4 is 17.2 Å². The number of nitrogens with zero attached hydrogens (tertiary/aromatic N) is 1. The van der Waals surface area contributed by atoms with Crippen molar-refractivity contribution in [2.75, 3.05) is 0 Å². The summed E-state index contributed by atoms with van der Waals surface area (Å²) in [5.74, 6) is 1.42. The van der Waals surface area contributed by atoms with Crippen LogP contribution in [0, 0.1) is 18.8 Å². The quantitative estimate of drug-likeness (QED) is 0.899. The minimum absolute atomic E-state index is 0.0134. The molecule has 2 aliphatic rings. The number of carbonyl (C=O) groups is 1. The Morgan fingerprint density at radius 2 is 2.19 bits per heavy atom. The summed E-state index contributed by atoms with van der Waals surface area (Å²) < 4.78 is 0. The Bertz CT molecular complexity index is 527. The number of nitrogens with one attached hydrogen (secondary N) is 1. The number of carbonyl (C=O) groups excluding carboxylic acids is 1. The lowest BCUT2D eigenvalue weighted by atomic mass is 9.99. The highest BCUT2D eigenvalue weighted by Crippen LogP contribution is 2.45. The molecule has 1 saturated heterocycles. The van der Waals surface area contributed by atoms with Crippen LogP contribution in [0.4, 0.5) is 0 Å². The third-order valence-corrected chi connectivity index (χ3v) is 6.20. The second kappa shape index (κ2) is 5.73. The molecule has 21 heavy (non-hydrogen) atoms. The number of amides is 1. The van der Waals surface area contributed by atoms with Crippen LogP contribution in [0.2, 0.25) is 0 Å². The van der Waals surface area contributed by atoms with Crippen molar-refractivity contribution in [3.8, 4) is 0 Å². The Morgan fingerprint density at radius 3 is 2.71 bits per heavy atom. The highest BCUT2D eigenvalue weighted by Gasteiger charge is 2.52. The molecule has 0 aromatic carbocycles. The lowest BCUT2D eigenvalue weighted by Gasteiger charge is -2.23. The smallest absolute Gasteiger partial charge is 0.241 e. The molecular formula is C17H26N2OS. The standard InChI is InChI=1S/C17H26N2OS/c1-5-10(3)15-17(20)19(13-9-12(13)6-2)16(18-15)14-8-7-11(4)21-14/h7-8,10,12-13,15-16,18H,5-6,9H2,1-4H3. The van der Waals surface area contributed by atoms with E-state index < -0.39 is 0 Å². The van der Waals surface area contributed by atoms with Gasteiger partial charge < -0.3 is 4.90 Å². The van der Waals surface area contributed by atoms with Gasteiger partial charge >= 0.3 is 0 Å². The van der Waals surface area contributed by atoms with Crippen molar-refractivity contribution in [2.24, 2.45) is 11.8 Å². The van der Waals surface area contributed by atoms with Gasteiger partial charge in [0, 0.05) is 15.8 Å². The number of aryl methyl sites for hydroxylation is 1. The van der Waals surface area contributed by atoms with Crippen molar-refractivity contribution in [1.82, 2.24) is 10.2 Å². The molecule has 4 heteroatoms. The molecule has 3 nitrogen and oxygen atoms in total. The van der Waals surface area contributed by atoms with Crippen molar-refractivity contribution in [2.45, 2.75) is 65.2 Å². The Balaban J connectivity index is 1.87. The van der Waals surface area contributed by atoms with E-state index in [2.05, 4.69) is 50.0 Å². The minimum Gasteiger partial charge on any atom is -0.317 e. The van der Waals surface area contributed by atoms with Gasteiger partial charge in [0.2, 0.25) is 5.91 Å².